The second-order valence-electron chi connectivity index (χ2n) is 4.24. The maximum atomic E-state index is 12.3. The normalized spacial score (nSPS) is 16.0. The number of carbonyl (C=O) groups excluding carboxylic acids is 1. The summed E-state index contributed by atoms with van der Waals surface area (Å²) < 4.78 is 25.3. The quantitative estimate of drug-likeness (QED) is 0.909. The molecule has 3 heterocycles. The van der Waals surface area contributed by atoms with Gasteiger partial charge in [-0.2, -0.15) is 8.42 Å². The molecular weight excluding hydrogens is 316 g/mol. The Balaban J connectivity index is 1.97. The number of aromatic carboxylic acids is 1. The highest BCUT2D eigenvalue weighted by Gasteiger charge is 2.42. The van der Waals surface area contributed by atoms with E-state index in [2.05, 4.69) is 4.98 Å². The third kappa shape index (κ3) is 2.10. The number of thiophene rings is 1. The van der Waals surface area contributed by atoms with E-state index < -0.39 is 21.9 Å². The van der Waals surface area contributed by atoms with Crippen molar-refractivity contribution in [1.29, 1.82) is 0 Å². The van der Waals surface area contributed by atoms with Gasteiger partial charge < -0.3 is 5.11 Å². The van der Waals surface area contributed by atoms with Crippen LogP contribution in [0.2, 0.25) is 0 Å². The SMILES string of the molecule is O=C(O)c1ccc(CN2C(=O)c3cccnc3S2(=O)=O)s1. The summed E-state index contributed by atoms with van der Waals surface area (Å²) in [5, 5.41) is 8.60. The molecule has 1 N–H and O–H groups in total. The third-order valence-corrected chi connectivity index (χ3v) is 5.68. The highest BCUT2D eigenvalue weighted by atomic mass is 32.2. The van der Waals surface area contributed by atoms with E-state index in [9.17, 15) is 18.0 Å². The van der Waals surface area contributed by atoms with Crippen molar-refractivity contribution in [2.24, 2.45) is 0 Å². The van der Waals surface area contributed by atoms with Gasteiger partial charge in [-0.25, -0.2) is 14.1 Å². The summed E-state index contributed by atoms with van der Waals surface area (Å²) in [5.41, 5.74) is 0.0347. The van der Waals surface area contributed by atoms with Gasteiger partial charge in [0.05, 0.1) is 12.1 Å². The van der Waals surface area contributed by atoms with Crippen LogP contribution in [0.1, 0.15) is 24.9 Å². The van der Waals surface area contributed by atoms with Gasteiger partial charge in [0.15, 0.2) is 5.03 Å². The molecule has 21 heavy (non-hydrogen) atoms. The van der Waals surface area contributed by atoms with Crippen LogP contribution in [0.4, 0.5) is 0 Å². The lowest BCUT2D eigenvalue weighted by molar-refractivity contribution is 0.0701. The van der Waals surface area contributed by atoms with Crippen molar-refractivity contribution in [3.63, 3.8) is 0 Å². The molecule has 0 bridgehead atoms. The standard InChI is InChI=1S/C12H8N2O5S2/c15-11-8-2-1-5-13-10(8)21(18,19)14(11)6-7-3-4-9(20-7)12(16)17/h1-5H,6H2,(H,16,17). The van der Waals surface area contributed by atoms with Gasteiger partial charge in [0, 0.05) is 11.1 Å². The van der Waals surface area contributed by atoms with Crippen molar-refractivity contribution in [3.05, 3.63) is 45.8 Å². The fraction of sp³-hybridized carbons (Fsp3) is 0.0833. The molecule has 0 saturated heterocycles. The van der Waals surface area contributed by atoms with Crippen LogP contribution >= 0.6 is 11.3 Å². The number of aromatic nitrogens is 1. The van der Waals surface area contributed by atoms with E-state index in [0.29, 0.717) is 9.18 Å². The average Bonchev–Trinajstić information content (AvgIpc) is 2.98. The van der Waals surface area contributed by atoms with Crippen LogP contribution in [0.3, 0.4) is 0 Å². The van der Waals surface area contributed by atoms with Gasteiger partial charge in [-0.3, -0.25) is 4.79 Å². The van der Waals surface area contributed by atoms with E-state index in [1.54, 1.807) is 0 Å². The number of rotatable bonds is 3. The van der Waals surface area contributed by atoms with Crippen LogP contribution in [0.15, 0.2) is 35.5 Å². The van der Waals surface area contributed by atoms with Crippen molar-refractivity contribution >= 4 is 33.2 Å². The Morgan fingerprint density at radius 2 is 2.10 bits per heavy atom. The Kier molecular flexibility index (Phi) is 3.03. The Bertz CT molecular complexity index is 856. The third-order valence-electron chi connectivity index (χ3n) is 2.93. The first-order valence-corrected chi connectivity index (χ1v) is 8.01. The Morgan fingerprint density at radius 1 is 1.33 bits per heavy atom. The monoisotopic (exact) mass is 324 g/mol. The van der Waals surface area contributed by atoms with E-state index >= 15 is 0 Å². The van der Waals surface area contributed by atoms with E-state index in [-0.39, 0.29) is 22.0 Å². The highest BCUT2D eigenvalue weighted by molar-refractivity contribution is 7.90. The zero-order valence-electron chi connectivity index (χ0n) is 10.4. The average molecular weight is 324 g/mol. The molecule has 1 aliphatic rings. The summed E-state index contributed by atoms with van der Waals surface area (Å²) >= 11 is 0.931. The topological polar surface area (TPSA) is 105 Å². The minimum Gasteiger partial charge on any atom is -0.477 e. The number of sulfonamides is 1. The first-order valence-electron chi connectivity index (χ1n) is 5.75. The molecule has 0 spiro atoms. The van der Waals surface area contributed by atoms with Gasteiger partial charge in [0.2, 0.25) is 0 Å². The van der Waals surface area contributed by atoms with E-state index in [4.69, 9.17) is 5.11 Å². The number of hydrogen-bond acceptors (Lipinski definition) is 6. The van der Waals surface area contributed by atoms with Crippen molar-refractivity contribution in [2.45, 2.75) is 11.6 Å². The summed E-state index contributed by atoms with van der Waals surface area (Å²) in [6, 6.07) is 5.76. The molecule has 0 atom stereocenters. The summed E-state index contributed by atoms with van der Waals surface area (Å²) in [6.45, 7) is -0.199. The molecule has 1 aliphatic heterocycles. The second kappa shape index (κ2) is 4.64. The maximum absolute atomic E-state index is 12.3. The van der Waals surface area contributed by atoms with E-state index in [1.165, 1.54) is 30.5 Å². The first kappa shape index (κ1) is 13.7. The molecule has 0 unspecified atom stereocenters. The summed E-state index contributed by atoms with van der Waals surface area (Å²) in [5.74, 6) is -1.74. The van der Waals surface area contributed by atoms with Crippen molar-refractivity contribution in [1.82, 2.24) is 9.29 Å². The number of carbonyl (C=O) groups is 2. The molecule has 108 valence electrons. The minimum absolute atomic E-state index is 0.0347. The van der Waals surface area contributed by atoms with Crippen LogP contribution in [0.25, 0.3) is 0 Å². The summed E-state index contributed by atoms with van der Waals surface area (Å²) in [4.78, 5) is 27.3. The van der Waals surface area contributed by atoms with Gasteiger partial charge in [-0.1, -0.05) is 0 Å². The smallest absolute Gasteiger partial charge is 0.345 e. The largest absolute Gasteiger partial charge is 0.477 e. The van der Waals surface area contributed by atoms with Gasteiger partial charge in [0.1, 0.15) is 4.88 Å². The molecule has 2 aromatic rings. The molecule has 0 aromatic carbocycles. The number of hydrogen-bond donors (Lipinski definition) is 1. The number of carboxylic acids is 1. The molecule has 0 fully saturated rings. The molecular formula is C12H8N2O5S2. The first-order chi connectivity index (χ1) is 9.91. The molecule has 0 radical (unpaired) electrons. The summed E-state index contributed by atoms with van der Waals surface area (Å²) in [6.07, 6.45) is 1.31. The molecule has 1 amide bonds. The Labute approximate surface area is 123 Å². The highest BCUT2D eigenvalue weighted by Crippen LogP contribution is 2.30. The molecule has 3 rings (SSSR count). The Morgan fingerprint density at radius 3 is 2.71 bits per heavy atom. The fourth-order valence-electron chi connectivity index (χ4n) is 1.98. The van der Waals surface area contributed by atoms with Gasteiger partial charge in [-0.05, 0) is 24.3 Å². The molecule has 2 aromatic heterocycles. The predicted molar refractivity (Wildman–Crippen MR) is 72.6 cm³/mol. The molecule has 0 aliphatic carbocycles. The van der Waals surface area contributed by atoms with Crippen LogP contribution in [-0.2, 0) is 16.6 Å². The number of nitrogens with zero attached hydrogens (tertiary/aromatic N) is 2. The lowest BCUT2D eigenvalue weighted by atomic mass is 10.2. The van der Waals surface area contributed by atoms with Crippen molar-refractivity contribution < 1.29 is 23.1 Å². The fourth-order valence-corrected chi connectivity index (χ4v) is 4.36. The number of carboxylic acid groups (broad SMARTS) is 1. The van der Waals surface area contributed by atoms with Crippen LogP contribution in [0, 0.1) is 0 Å². The molecule has 7 nitrogen and oxygen atoms in total. The van der Waals surface area contributed by atoms with Crippen LogP contribution in [0.5, 0.6) is 0 Å². The van der Waals surface area contributed by atoms with Gasteiger partial charge in [-0.15, -0.1) is 11.3 Å². The van der Waals surface area contributed by atoms with E-state index in [0.717, 1.165) is 11.3 Å². The zero-order chi connectivity index (χ0) is 15.2. The lowest BCUT2D eigenvalue weighted by Crippen LogP contribution is -2.29. The number of pyridine rings is 1. The van der Waals surface area contributed by atoms with Crippen molar-refractivity contribution in [3.8, 4) is 0 Å². The maximum Gasteiger partial charge on any atom is 0.345 e. The van der Waals surface area contributed by atoms with Gasteiger partial charge >= 0.3 is 5.97 Å². The number of fused-ring (bicyclic) bond motifs is 1. The van der Waals surface area contributed by atoms with Crippen LogP contribution in [-0.4, -0.2) is 34.7 Å². The second-order valence-corrected chi connectivity index (χ2v) is 7.19. The predicted octanol–water partition coefficient (Wildman–Crippen LogP) is 1.19. The van der Waals surface area contributed by atoms with Crippen molar-refractivity contribution in [2.75, 3.05) is 0 Å². The van der Waals surface area contributed by atoms with Crippen LogP contribution < -0.4 is 0 Å². The van der Waals surface area contributed by atoms with E-state index in [1.807, 2.05) is 0 Å². The minimum atomic E-state index is -3.97. The molecule has 0 saturated carbocycles. The number of amides is 1. The van der Waals surface area contributed by atoms with Gasteiger partial charge in [0.25, 0.3) is 15.9 Å². The molecule has 9 heteroatoms. The Hall–Kier alpha value is -2.26. The lowest BCUT2D eigenvalue weighted by Gasteiger charge is -2.13. The zero-order valence-corrected chi connectivity index (χ0v) is 12.0. The summed E-state index contributed by atoms with van der Waals surface area (Å²) in [7, 11) is -3.97.